The molecule has 2 rings (SSSR count). The summed E-state index contributed by atoms with van der Waals surface area (Å²) in [5.74, 6) is -1.55. The predicted octanol–water partition coefficient (Wildman–Crippen LogP) is 2.61. The second kappa shape index (κ2) is 6.94. The number of carbonyl (C=O) groups excluding carboxylic acids is 2. The standard InChI is InChI=1S/C18H23NO4/c1-4-10(3)16(18(22)23)19-17(21)14-9-11(5-2)8-13-12(14)6-7-15(13)20/h8-10,16H,4-7H2,1-3H3,(H,19,21)(H,22,23)/t10-,16-/m0/s1. The number of amides is 1. The zero-order valence-electron chi connectivity index (χ0n) is 13.8. The van der Waals surface area contributed by atoms with Gasteiger partial charge in [0.1, 0.15) is 6.04 Å². The van der Waals surface area contributed by atoms with E-state index in [2.05, 4.69) is 5.32 Å². The highest BCUT2D eigenvalue weighted by molar-refractivity contribution is 6.06. The molecule has 1 aliphatic rings. The lowest BCUT2D eigenvalue weighted by Crippen LogP contribution is -2.45. The van der Waals surface area contributed by atoms with E-state index in [9.17, 15) is 19.5 Å². The highest BCUT2D eigenvalue weighted by Crippen LogP contribution is 2.27. The molecule has 0 aliphatic heterocycles. The molecular weight excluding hydrogens is 294 g/mol. The van der Waals surface area contributed by atoms with Crippen LogP contribution in [0.2, 0.25) is 0 Å². The van der Waals surface area contributed by atoms with Gasteiger partial charge < -0.3 is 10.4 Å². The minimum Gasteiger partial charge on any atom is -0.480 e. The van der Waals surface area contributed by atoms with Crippen LogP contribution in [-0.4, -0.2) is 28.8 Å². The van der Waals surface area contributed by atoms with Crippen LogP contribution in [0.3, 0.4) is 0 Å². The third kappa shape index (κ3) is 3.44. The molecule has 1 aliphatic carbocycles. The number of Topliss-reactive ketones (excluding diaryl/α,β-unsaturated/α-hetero) is 1. The lowest BCUT2D eigenvalue weighted by molar-refractivity contribution is -0.140. The number of hydrogen-bond donors (Lipinski definition) is 2. The van der Waals surface area contributed by atoms with Gasteiger partial charge in [-0.2, -0.15) is 0 Å². The van der Waals surface area contributed by atoms with Gasteiger partial charge in [0.15, 0.2) is 5.78 Å². The summed E-state index contributed by atoms with van der Waals surface area (Å²) in [5.41, 5.74) is 2.72. The van der Waals surface area contributed by atoms with Crippen LogP contribution >= 0.6 is 0 Å². The first kappa shape index (κ1) is 17.2. The minimum atomic E-state index is -1.04. The van der Waals surface area contributed by atoms with E-state index >= 15 is 0 Å². The number of benzene rings is 1. The minimum absolute atomic E-state index is 0.0565. The fourth-order valence-corrected chi connectivity index (χ4v) is 2.93. The van der Waals surface area contributed by atoms with Crippen molar-refractivity contribution >= 4 is 17.7 Å². The number of carboxylic acid groups (broad SMARTS) is 1. The van der Waals surface area contributed by atoms with E-state index in [4.69, 9.17) is 0 Å². The van der Waals surface area contributed by atoms with Gasteiger partial charge in [0.2, 0.25) is 0 Å². The van der Waals surface area contributed by atoms with Gasteiger partial charge in [-0.05, 0) is 42.0 Å². The van der Waals surface area contributed by atoms with Gasteiger partial charge in [-0.1, -0.05) is 27.2 Å². The number of nitrogens with one attached hydrogen (secondary N) is 1. The average Bonchev–Trinajstić information content (AvgIpc) is 2.91. The first-order valence-electron chi connectivity index (χ1n) is 8.11. The Labute approximate surface area is 136 Å². The predicted molar refractivity (Wildman–Crippen MR) is 86.8 cm³/mol. The van der Waals surface area contributed by atoms with Gasteiger partial charge in [-0.15, -0.1) is 0 Å². The molecule has 2 N–H and O–H groups in total. The zero-order valence-corrected chi connectivity index (χ0v) is 13.8. The van der Waals surface area contributed by atoms with Crippen LogP contribution in [0.4, 0.5) is 0 Å². The number of ketones is 1. The summed E-state index contributed by atoms with van der Waals surface area (Å²) in [6.07, 6.45) is 2.33. The highest BCUT2D eigenvalue weighted by atomic mass is 16.4. The Bertz CT molecular complexity index is 651. The second-order valence-electron chi connectivity index (χ2n) is 6.12. The summed E-state index contributed by atoms with van der Waals surface area (Å²) >= 11 is 0. The second-order valence-corrected chi connectivity index (χ2v) is 6.12. The van der Waals surface area contributed by atoms with Crippen LogP contribution in [-0.2, 0) is 17.6 Å². The van der Waals surface area contributed by atoms with Gasteiger partial charge in [0, 0.05) is 17.5 Å². The van der Waals surface area contributed by atoms with Gasteiger partial charge in [0.25, 0.3) is 5.91 Å². The Morgan fingerprint density at radius 2 is 1.96 bits per heavy atom. The number of fused-ring (bicyclic) bond motifs is 1. The van der Waals surface area contributed by atoms with Crippen molar-refractivity contribution in [2.24, 2.45) is 5.92 Å². The summed E-state index contributed by atoms with van der Waals surface area (Å²) in [7, 11) is 0. The van der Waals surface area contributed by atoms with Crippen LogP contribution in [0, 0.1) is 5.92 Å². The molecular formula is C18H23NO4. The molecule has 0 radical (unpaired) electrons. The maximum Gasteiger partial charge on any atom is 0.326 e. The zero-order chi connectivity index (χ0) is 17.1. The molecule has 1 amide bonds. The number of aliphatic carboxylic acids is 1. The smallest absolute Gasteiger partial charge is 0.326 e. The molecule has 2 atom stereocenters. The summed E-state index contributed by atoms with van der Waals surface area (Å²) in [4.78, 5) is 36.0. The fraction of sp³-hybridized carbons (Fsp3) is 0.500. The van der Waals surface area contributed by atoms with Crippen LogP contribution in [0.1, 0.15) is 65.5 Å². The molecule has 0 bridgehead atoms. The molecule has 1 aromatic carbocycles. The maximum absolute atomic E-state index is 12.6. The molecule has 5 nitrogen and oxygen atoms in total. The van der Waals surface area contributed by atoms with E-state index in [1.807, 2.05) is 19.9 Å². The first-order chi connectivity index (χ1) is 10.9. The van der Waals surface area contributed by atoms with Crippen molar-refractivity contribution in [2.75, 3.05) is 0 Å². The molecule has 0 aromatic heterocycles. The number of carboxylic acids is 1. The van der Waals surface area contributed by atoms with Crippen LogP contribution in [0.15, 0.2) is 12.1 Å². The monoisotopic (exact) mass is 317 g/mol. The van der Waals surface area contributed by atoms with Crippen LogP contribution in [0.25, 0.3) is 0 Å². The molecule has 0 saturated carbocycles. The summed E-state index contributed by atoms with van der Waals surface area (Å²) in [6.45, 7) is 5.65. The maximum atomic E-state index is 12.6. The molecule has 5 heteroatoms. The largest absolute Gasteiger partial charge is 0.480 e. The molecule has 23 heavy (non-hydrogen) atoms. The van der Waals surface area contributed by atoms with E-state index in [0.717, 1.165) is 11.1 Å². The van der Waals surface area contributed by atoms with Crippen molar-refractivity contribution in [3.63, 3.8) is 0 Å². The van der Waals surface area contributed by atoms with Crippen molar-refractivity contribution in [1.29, 1.82) is 0 Å². The Kier molecular flexibility index (Phi) is 5.19. The molecule has 0 saturated heterocycles. The van der Waals surface area contributed by atoms with Crippen molar-refractivity contribution < 1.29 is 19.5 Å². The van der Waals surface area contributed by atoms with Crippen LogP contribution < -0.4 is 5.32 Å². The fourth-order valence-electron chi connectivity index (χ4n) is 2.93. The van der Waals surface area contributed by atoms with Crippen molar-refractivity contribution in [1.82, 2.24) is 5.32 Å². The highest BCUT2D eigenvalue weighted by Gasteiger charge is 2.29. The topological polar surface area (TPSA) is 83.5 Å². The average molecular weight is 317 g/mol. The molecule has 0 unspecified atom stereocenters. The van der Waals surface area contributed by atoms with Gasteiger partial charge >= 0.3 is 5.97 Å². The number of carbonyl (C=O) groups is 3. The molecule has 1 aromatic rings. The summed E-state index contributed by atoms with van der Waals surface area (Å²) in [6, 6.07) is 2.71. The van der Waals surface area contributed by atoms with E-state index in [1.165, 1.54) is 0 Å². The van der Waals surface area contributed by atoms with Crippen molar-refractivity contribution in [2.45, 2.75) is 52.5 Å². The molecule has 0 fully saturated rings. The van der Waals surface area contributed by atoms with Crippen molar-refractivity contribution in [3.05, 3.63) is 34.4 Å². The quantitative estimate of drug-likeness (QED) is 0.845. The SMILES string of the molecule is CCc1cc2c(c(C(=O)N[C@H](C(=O)O)[C@@H](C)CC)c1)CCC2=O. The lowest BCUT2D eigenvalue weighted by Gasteiger charge is -2.21. The van der Waals surface area contributed by atoms with E-state index in [0.29, 0.717) is 36.8 Å². The number of hydrogen-bond acceptors (Lipinski definition) is 3. The lowest BCUT2D eigenvalue weighted by atomic mass is 9.95. The molecule has 0 heterocycles. The normalized spacial score (nSPS) is 15.9. The van der Waals surface area contributed by atoms with E-state index in [-0.39, 0.29) is 11.7 Å². The van der Waals surface area contributed by atoms with Crippen molar-refractivity contribution in [3.8, 4) is 0 Å². The van der Waals surface area contributed by atoms with Gasteiger partial charge in [-0.3, -0.25) is 9.59 Å². The third-order valence-electron chi connectivity index (χ3n) is 4.63. The Hall–Kier alpha value is -2.17. The van der Waals surface area contributed by atoms with Gasteiger partial charge in [-0.25, -0.2) is 4.79 Å². The molecule has 0 spiro atoms. The summed E-state index contributed by atoms with van der Waals surface area (Å²) < 4.78 is 0. The number of aryl methyl sites for hydroxylation is 1. The first-order valence-corrected chi connectivity index (χ1v) is 8.11. The Morgan fingerprint density at radius 3 is 2.52 bits per heavy atom. The third-order valence-corrected chi connectivity index (χ3v) is 4.63. The van der Waals surface area contributed by atoms with Crippen LogP contribution in [0.5, 0.6) is 0 Å². The van der Waals surface area contributed by atoms with E-state index in [1.54, 1.807) is 13.0 Å². The Balaban J connectivity index is 2.36. The molecule has 124 valence electrons. The van der Waals surface area contributed by atoms with Gasteiger partial charge in [0.05, 0.1) is 0 Å². The van der Waals surface area contributed by atoms with E-state index < -0.39 is 17.9 Å². The summed E-state index contributed by atoms with van der Waals surface area (Å²) in [5, 5.41) is 12.0. The number of rotatable bonds is 6. The Morgan fingerprint density at radius 1 is 1.26 bits per heavy atom.